The first-order valence-electron chi connectivity index (χ1n) is 7.88. The van der Waals surface area contributed by atoms with E-state index in [4.69, 9.17) is 4.52 Å². The van der Waals surface area contributed by atoms with E-state index < -0.39 is 0 Å². The van der Waals surface area contributed by atoms with Crippen LogP contribution in [-0.4, -0.2) is 22.6 Å². The molecule has 0 saturated carbocycles. The van der Waals surface area contributed by atoms with Gasteiger partial charge < -0.3 is 9.84 Å². The average Bonchev–Trinajstić information content (AvgIpc) is 3.27. The monoisotopic (exact) mass is 341 g/mol. The van der Waals surface area contributed by atoms with Crippen molar-refractivity contribution in [2.24, 2.45) is 0 Å². The Kier molecular flexibility index (Phi) is 5.38. The molecule has 6 heteroatoms. The Hall–Kier alpha value is -2.47. The summed E-state index contributed by atoms with van der Waals surface area (Å²) in [5.41, 5.74) is 4.80. The minimum atomic E-state index is -0.239. The third-order valence-corrected chi connectivity index (χ3v) is 4.45. The van der Waals surface area contributed by atoms with E-state index in [1.54, 1.807) is 22.9 Å². The third kappa shape index (κ3) is 4.29. The van der Waals surface area contributed by atoms with E-state index in [0.29, 0.717) is 18.9 Å². The normalized spacial score (nSPS) is 12.0. The Balaban J connectivity index is 1.52. The minimum absolute atomic E-state index is 0.239. The van der Waals surface area contributed by atoms with Crippen molar-refractivity contribution >= 4 is 17.2 Å². The van der Waals surface area contributed by atoms with Gasteiger partial charge in [0.1, 0.15) is 0 Å². The van der Waals surface area contributed by atoms with Crippen LogP contribution in [0.1, 0.15) is 40.3 Å². The SMILES string of the molecule is CC(Cc1cc(C(=O)NCCc2cscn2)on1)c1ccccc1. The molecule has 1 atom stereocenters. The highest BCUT2D eigenvalue weighted by molar-refractivity contribution is 7.07. The molecule has 1 amide bonds. The largest absolute Gasteiger partial charge is 0.351 e. The molecular formula is C18H19N3O2S. The van der Waals surface area contributed by atoms with E-state index >= 15 is 0 Å². The summed E-state index contributed by atoms with van der Waals surface area (Å²) in [4.78, 5) is 16.3. The van der Waals surface area contributed by atoms with Crippen LogP contribution in [0, 0.1) is 0 Å². The number of nitrogens with zero attached hydrogens (tertiary/aromatic N) is 2. The molecule has 2 aromatic heterocycles. The molecule has 5 nitrogen and oxygen atoms in total. The van der Waals surface area contributed by atoms with Crippen molar-refractivity contribution in [1.82, 2.24) is 15.5 Å². The molecule has 1 aromatic carbocycles. The van der Waals surface area contributed by atoms with Gasteiger partial charge in [0.25, 0.3) is 5.91 Å². The molecule has 124 valence electrons. The molecule has 0 aliphatic heterocycles. The molecule has 1 N–H and O–H groups in total. The lowest BCUT2D eigenvalue weighted by Gasteiger charge is -2.08. The number of rotatable bonds is 7. The molecular weight excluding hydrogens is 322 g/mol. The van der Waals surface area contributed by atoms with Crippen LogP contribution in [0.4, 0.5) is 0 Å². The third-order valence-electron chi connectivity index (χ3n) is 3.82. The summed E-state index contributed by atoms with van der Waals surface area (Å²) in [6.45, 7) is 2.66. The zero-order valence-corrected chi connectivity index (χ0v) is 14.3. The number of carbonyl (C=O) groups is 1. The average molecular weight is 341 g/mol. The first-order chi connectivity index (χ1) is 11.7. The Morgan fingerprint density at radius 1 is 1.29 bits per heavy atom. The fraction of sp³-hybridized carbons (Fsp3) is 0.278. The lowest BCUT2D eigenvalue weighted by atomic mass is 9.96. The smallest absolute Gasteiger partial charge is 0.289 e. The number of benzene rings is 1. The van der Waals surface area contributed by atoms with E-state index in [1.165, 1.54) is 5.56 Å². The summed E-state index contributed by atoms with van der Waals surface area (Å²) < 4.78 is 5.18. The number of hydrogen-bond acceptors (Lipinski definition) is 5. The molecule has 0 spiro atoms. The highest BCUT2D eigenvalue weighted by Crippen LogP contribution is 2.20. The quantitative estimate of drug-likeness (QED) is 0.715. The van der Waals surface area contributed by atoms with Crippen LogP contribution in [0.3, 0.4) is 0 Å². The summed E-state index contributed by atoms with van der Waals surface area (Å²) in [5, 5.41) is 8.82. The molecule has 3 aromatic rings. The van der Waals surface area contributed by atoms with Gasteiger partial charge in [-0.3, -0.25) is 4.79 Å². The summed E-state index contributed by atoms with van der Waals surface area (Å²) >= 11 is 1.55. The van der Waals surface area contributed by atoms with Gasteiger partial charge in [-0.05, 0) is 17.9 Å². The van der Waals surface area contributed by atoms with Gasteiger partial charge in [0.15, 0.2) is 0 Å². The maximum absolute atomic E-state index is 12.1. The maximum Gasteiger partial charge on any atom is 0.289 e. The van der Waals surface area contributed by atoms with Crippen LogP contribution in [0.2, 0.25) is 0 Å². The van der Waals surface area contributed by atoms with Crippen molar-refractivity contribution < 1.29 is 9.32 Å². The Morgan fingerprint density at radius 3 is 2.88 bits per heavy atom. The minimum Gasteiger partial charge on any atom is -0.351 e. The number of carbonyl (C=O) groups excluding carboxylic acids is 1. The topological polar surface area (TPSA) is 68.0 Å². The molecule has 0 bridgehead atoms. The van der Waals surface area contributed by atoms with Gasteiger partial charge >= 0.3 is 0 Å². The second-order valence-corrected chi connectivity index (χ2v) is 6.40. The van der Waals surface area contributed by atoms with Gasteiger partial charge in [0.2, 0.25) is 5.76 Å². The van der Waals surface area contributed by atoms with E-state index in [9.17, 15) is 4.79 Å². The van der Waals surface area contributed by atoms with E-state index in [0.717, 1.165) is 17.8 Å². The summed E-state index contributed by atoms with van der Waals surface area (Å²) in [7, 11) is 0. The number of aromatic nitrogens is 2. The van der Waals surface area contributed by atoms with E-state index in [2.05, 4.69) is 34.5 Å². The first kappa shape index (κ1) is 16.4. The summed E-state index contributed by atoms with van der Waals surface area (Å²) in [5.74, 6) is 0.330. The van der Waals surface area contributed by atoms with Gasteiger partial charge in [-0.15, -0.1) is 11.3 Å². The van der Waals surface area contributed by atoms with Gasteiger partial charge in [-0.25, -0.2) is 4.98 Å². The summed E-state index contributed by atoms with van der Waals surface area (Å²) in [6.07, 6.45) is 1.45. The second kappa shape index (κ2) is 7.88. The molecule has 0 aliphatic carbocycles. The highest BCUT2D eigenvalue weighted by Gasteiger charge is 2.15. The zero-order valence-electron chi connectivity index (χ0n) is 13.4. The predicted molar refractivity (Wildman–Crippen MR) is 93.2 cm³/mol. The molecule has 3 rings (SSSR count). The Bertz CT molecular complexity index is 769. The molecule has 1 unspecified atom stereocenters. The van der Waals surface area contributed by atoms with Gasteiger partial charge in [-0.2, -0.15) is 0 Å². The lowest BCUT2D eigenvalue weighted by Crippen LogP contribution is -2.25. The van der Waals surface area contributed by atoms with Crippen LogP contribution in [0.5, 0.6) is 0 Å². The van der Waals surface area contributed by atoms with Gasteiger partial charge in [0.05, 0.1) is 16.9 Å². The number of thiazole rings is 1. The molecule has 2 heterocycles. The molecule has 0 radical (unpaired) electrons. The van der Waals surface area contributed by atoms with Crippen LogP contribution < -0.4 is 5.32 Å². The standard InChI is InChI=1S/C18H19N3O2S/c1-13(14-5-3-2-4-6-14)9-16-10-17(23-21-16)18(22)19-8-7-15-11-24-12-20-15/h2-6,10-13H,7-9H2,1H3,(H,19,22). The molecule has 0 fully saturated rings. The maximum atomic E-state index is 12.1. The van der Waals surface area contributed by atoms with Crippen LogP contribution in [0.25, 0.3) is 0 Å². The zero-order chi connectivity index (χ0) is 16.8. The lowest BCUT2D eigenvalue weighted by molar-refractivity contribution is 0.0917. The van der Waals surface area contributed by atoms with Crippen LogP contribution in [-0.2, 0) is 12.8 Å². The first-order valence-corrected chi connectivity index (χ1v) is 8.82. The fourth-order valence-corrected chi connectivity index (χ4v) is 3.07. The predicted octanol–water partition coefficient (Wildman–Crippen LogP) is 3.45. The molecule has 24 heavy (non-hydrogen) atoms. The van der Waals surface area contributed by atoms with Crippen molar-refractivity contribution in [2.75, 3.05) is 6.54 Å². The van der Waals surface area contributed by atoms with Gasteiger partial charge in [0, 0.05) is 24.4 Å². The number of amides is 1. The second-order valence-electron chi connectivity index (χ2n) is 5.68. The Labute approximate surface area is 144 Å². The highest BCUT2D eigenvalue weighted by atomic mass is 32.1. The van der Waals surface area contributed by atoms with Crippen LogP contribution in [0.15, 0.2) is 51.8 Å². The van der Waals surface area contributed by atoms with Crippen molar-refractivity contribution in [3.05, 3.63) is 70.0 Å². The summed E-state index contributed by atoms with van der Waals surface area (Å²) in [6, 6.07) is 12.0. The van der Waals surface area contributed by atoms with Crippen molar-refractivity contribution in [3.8, 4) is 0 Å². The molecule has 0 aliphatic rings. The van der Waals surface area contributed by atoms with Crippen molar-refractivity contribution in [2.45, 2.75) is 25.7 Å². The van der Waals surface area contributed by atoms with E-state index in [-0.39, 0.29) is 11.7 Å². The number of hydrogen-bond donors (Lipinski definition) is 1. The van der Waals surface area contributed by atoms with Crippen molar-refractivity contribution in [3.63, 3.8) is 0 Å². The molecule has 0 saturated heterocycles. The van der Waals surface area contributed by atoms with Crippen molar-refractivity contribution in [1.29, 1.82) is 0 Å². The number of nitrogens with one attached hydrogen (secondary N) is 1. The Morgan fingerprint density at radius 2 is 2.12 bits per heavy atom. The fourth-order valence-electron chi connectivity index (χ4n) is 2.48. The van der Waals surface area contributed by atoms with Crippen LogP contribution >= 0.6 is 11.3 Å². The van der Waals surface area contributed by atoms with E-state index in [1.807, 2.05) is 23.6 Å². The van der Waals surface area contributed by atoms with Gasteiger partial charge in [-0.1, -0.05) is 42.4 Å².